The molecule has 0 aromatic carbocycles. The Hall–Kier alpha value is -0.370. The molecule has 0 aliphatic heterocycles. The average Bonchev–Trinajstić information content (AvgIpc) is 1.99. The van der Waals surface area contributed by atoms with E-state index in [-0.39, 0.29) is 5.41 Å². The highest BCUT2D eigenvalue weighted by Crippen LogP contribution is 2.07. The minimum Gasteiger partial charge on any atom is -0.316 e. The van der Waals surface area contributed by atoms with Gasteiger partial charge in [-0.25, -0.2) is 0 Å². The average molecular weight is 156 g/mol. The summed E-state index contributed by atoms with van der Waals surface area (Å²) in [7, 11) is 0. The van der Waals surface area contributed by atoms with Crippen LogP contribution < -0.4 is 5.32 Å². The number of rotatable bonds is 6. The molecule has 0 heterocycles. The summed E-state index contributed by atoms with van der Waals surface area (Å²) < 4.78 is 0. The van der Waals surface area contributed by atoms with Gasteiger partial charge in [0.25, 0.3) is 0 Å². The summed E-state index contributed by atoms with van der Waals surface area (Å²) in [5.74, 6) is 0. The van der Waals surface area contributed by atoms with Crippen molar-refractivity contribution in [2.45, 2.75) is 33.6 Å². The summed E-state index contributed by atoms with van der Waals surface area (Å²) in [6.07, 6.45) is 4.37. The quantitative estimate of drug-likeness (QED) is 0.591. The van der Waals surface area contributed by atoms with Crippen molar-refractivity contribution in [2.24, 2.45) is 5.41 Å². The van der Waals surface area contributed by atoms with Crippen LogP contribution in [0, 0.1) is 5.41 Å². The molecule has 2 nitrogen and oxygen atoms in total. The van der Waals surface area contributed by atoms with E-state index in [1.165, 1.54) is 12.8 Å². The second-order valence-corrected chi connectivity index (χ2v) is 3.52. The molecule has 1 radical (unpaired) electrons. The molecule has 0 saturated heterocycles. The Labute approximate surface area is 69.4 Å². The van der Waals surface area contributed by atoms with Gasteiger partial charge in [0.05, 0.1) is 0 Å². The first-order valence-electron chi connectivity index (χ1n) is 4.22. The van der Waals surface area contributed by atoms with E-state index in [0.717, 1.165) is 13.1 Å². The van der Waals surface area contributed by atoms with Crippen molar-refractivity contribution < 1.29 is 4.79 Å². The Bertz CT molecular complexity index is 110. The fourth-order valence-corrected chi connectivity index (χ4v) is 0.739. The van der Waals surface area contributed by atoms with E-state index in [0.29, 0.717) is 0 Å². The number of hydrogen-bond donors (Lipinski definition) is 1. The monoisotopic (exact) mass is 156 g/mol. The highest BCUT2D eigenvalue weighted by Gasteiger charge is 2.16. The lowest BCUT2D eigenvalue weighted by Gasteiger charge is -2.15. The molecular formula is C9H18NO. The van der Waals surface area contributed by atoms with Crippen LogP contribution in [0.4, 0.5) is 0 Å². The van der Waals surface area contributed by atoms with Crippen molar-refractivity contribution in [1.29, 1.82) is 0 Å². The lowest BCUT2D eigenvalue weighted by molar-refractivity contribution is 0.421. The lowest BCUT2D eigenvalue weighted by atomic mass is 9.96. The zero-order valence-electron chi connectivity index (χ0n) is 7.74. The third-order valence-electron chi connectivity index (χ3n) is 1.55. The molecule has 0 bridgehead atoms. The number of nitrogens with one attached hydrogen (secondary N) is 1. The van der Waals surface area contributed by atoms with Crippen molar-refractivity contribution in [3.05, 3.63) is 0 Å². The Kier molecular flexibility index (Phi) is 5.12. The lowest BCUT2D eigenvalue weighted by Crippen LogP contribution is -2.31. The van der Waals surface area contributed by atoms with Crippen LogP contribution in [0.2, 0.25) is 0 Å². The molecule has 0 unspecified atom stereocenters. The molecule has 0 fully saturated rings. The molecule has 0 aliphatic carbocycles. The summed E-state index contributed by atoms with van der Waals surface area (Å²) in [6.45, 7) is 7.66. The highest BCUT2D eigenvalue weighted by atomic mass is 16.1. The van der Waals surface area contributed by atoms with Crippen LogP contribution in [0.3, 0.4) is 0 Å². The first-order chi connectivity index (χ1) is 5.12. The predicted molar refractivity (Wildman–Crippen MR) is 47.3 cm³/mol. The Balaban J connectivity index is 3.30. The second-order valence-electron chi connectivity index (χ2n) is 3.52. The second kappa shape index (κ2) is 5.30. The van der Waals surface area contributed by atoms with E-state index < -0.39 is 0 Å². The van der Waals surface area contributed by atoms with Crippen LogP contribution in [0.25, 0.3) is 0 Å². The molecule has 0 aliphatic rings. The van der Waals surface area contributed by atoms with Gasteiger partial charge in [-0.1, -0.05) is 27.2 Å². The number of unbranched alkanes of at least 4 members (excludes halogenated alkanes) is 1. The normalized spacial score (nSPS) is 11.5. The summed E-state index contributed by atoms with van der Waals surface area (Å²) in [5.41, 5.74) is -0.326. The fraction of sp³-hybridized carbons (Fsp3) is 0.889. The molecule has 65 valence electrons. The minimum absolute atomic E-state index is 0.326. The molecule has 11 heavy (non-hydrogen) atoms. The molecule has 0 aromatic heterocycles. The Morgan fingerprint density at radius 2 is 2.09 bits per heavy atom. The predicted octanol–water partition coefficient (Wildman–Crippen LogP) is 1.51. The highest BCUT2D eigenvalue weighted by molar-refractivity contribution is 5.59. The van der Waals surface area contributed by atoms with Gasteiger partial charge in [0.15, 0.2) is 0 Å². The van der Waals surface area contributed by atoms with Gasteiger partial charge in [0.1, 0.15) is 0 Å². The first kappa shape index (κ1) is 10.6. The van der Waals surface area contributed by atoms with E-state index >= 15 is 0 Å². The van der Waals surface area contributed by atoms with Gasteiger partial charge >= 0.3 is 0 Å². The van der Waals surface area contributed by atoms with Crippen molar-refractivity contribution in [1.82, 2.24) is 5.32 Å². The largest absolute Gasteiger partial charge is 0.316 e. The SMILES string of the molecule is CCCCNCC(C)(C)[C]=O. The summed E-state index contributed by atoms with van der Waals surface area (Å²) in [4.78, 5) is 10.3. The van der Waals surface area contributed by atoms with Crippen molar-refractivity contribution >= 4 is 6.29 Å². The van der Waals surface area contributed by atoms with Gasteiger partial charge in [0, 0.05) is 12.0 Å². The zero-order valence-corrected chi connectivity index (χ0v) is 7.74. The molecule has 1 N–H and O–H groups in total. The van der Waals surface area contributed by atoms with Crippen LogP contribution in [-0.4, -0.2) is 19.4 Å². The van der Waals surface area contributed by atoms with Crippen LogP contribution in [0.5, 0.6) is 0 Å². The van der Waals surface area contributed by atoms with Crippen molar-refractivity contribution in [3.8, 4) is 0 Å². The van der Waals surface area contributed by atoms with E-state index in [2.05, 4.69) is 12.2 Å². The molecule has 2 heteroatoms. The fourth-order valence-electron chi connectivity index (χ4n) is 0.739. The summed E-state index contributed by atoms with van der Waals surface area (Å²) in [5, 5.41) is 3.22. The third-order valence-corrected chi connectivity index (χ3v) is 1.55. The first-order valence-corrected chi connectivity index (χ1v) is 4.22. The van der Waals surface area contributed by atoms with Crippen molar-refractivity contribution in [3.63, 3.8) is 0 Å². The number of carbonyl (C=O) groups excluding carboxylic acids is 1. The van der Waals surface area contributed by atoms with Gasteiger partial charge in [-0.2, -0.15) is 0 Å². The van der Waals surface area contributed by atoms with E-state index in [4.69, 9.17) is 0 Å². The molecular weight excluding hydrogens is 138 g/mol. The Morgan fingerprint density at radius 3 is 2.55 bits per heavy atom. The van der Waals surface area contributed by atoms with Crippen LogP contribution in [0.1, 0.15) is 33.6 Å². The maximum absolute atomic E-state index is 10.3. The van der Waals surface area contributed by atoms with Gasteiger partial charge < -0.3 is 5.32 Å². The molecule has 0 rings (SSSR count). The van der Waals surface area contributed by atoms with Crippen molar-refractivity contribution in [2.75, 3.05) is 13.1 Å². The standard InChI is InChI=1S/C9H18NO/c1-4-5-6-10-7-9(2,3)8-11/h10H,4-7H2,1-3H3. The topological polar surface area (TPSA) is 29.1 Å². The maximum atomic E-state index is 10.3. The minimum atomic E-state index is -0.326. The molecule has 0 amide bonds. The van der Waals surface area contributed by atoms with E-state index in [9.17, 15) is 4.79 Å². The third kappa shape index (κ3) is 6.05. The molecule has 0 spiro atoms. The Morgan fingerprint density at radius 1 is 1.45 bits per heavy atom. The van der Waals surface area contributed by atoms with Gasteiger partial charge in [-0.3, -0.25) is 4.79 Å². The van der Waals surface area contributed by atoms with Gasteiger partial charge in [0.2, 0.25) is 6.29 Å². The molecule has 0 atom stereocenters. The maximum Gasteiger partial charge on any atom is 0.205 e. The van der Waals surface area contributed by atoms with Gasteiger partial charge in [-0.15, -0.1) is 0 Å². The van der Waals surface area contributed by atoms with Crippen LogP contribution >= 0.6 is 0 Å². The summed E-state index contributed by atoms with van der Waals surface area (Å²) >= 11 is 0. The van der Waals surface area contributed by atoms with Crippen LogP contribution in [-0.2, 0) is 4.79 Å². The summed E-state index contributed by atoms with van der Waals surface area (Å²) in [6, 6.07) is 0. The number of hydrogen-bond acceptors (Lipinski definition) is 2. The van der Waals surface area contributed by atoms with Gasteiger partial charge in [-0.05, 0) is 13.0 Å². The molecule has 0 aromatic rings. The molecule has 0 saturated carbocycles. The smallest absolute Gasteiger partial charge is 0.205 e. The van der Waals surface area contributed by atoms with E-state index in [1.807, 2.05) is 20.1 Å². The van der Waals surface area contributed by atoms with Crippen LogP contribution in [0.15, 0.2) is 0 Å². The zero-order chi connectivity index (χ0) is 8.74. The van der Waals surface area contributed by atoms with E-state index in [1.54, 1.807) is 0 Å².